The van der Waals surface area contributed by atoms with Gasteiger partial charge in [-0.2, -0.15) is 0 Å². The summed E-state index contributed by atoms with van der Waals surface area (Å²) < 4.78 is 0. The Hall–Kier alpha value is -1.06. The molecule has 2 N–H and O–H groups in total. The van der Waals surface area contributed by atoms with Crippen molar-refractivity contribution in [2.75, 3.05) is 0 Å². The minimum atomic E-state index is -1.16. The Kier molecular flexibility index (Phi) is 4.71. The van der Waals surface area contributed by atoms with Gasteiger partial charge in [0, 0.05) is 5.02 Å². The third-order valence-corrected chi connectivity index (χ3v) is 4.75. The molecular formula is C16H21ClO3. The summed E-state index contributed by atoms with van der Waals surface area (Å²) in [6, 6.07) is 6.81. The van der Waals surface area contributed by atoms with Gasteiger partial charge in [0.15, 0.2) is 0 Å². The lowest BCUT2D eigenvalue weighted by Crippen LogP contribution is -2.43. The number of benzene rings is 1. The van der Waals surface area contributed by atoms with Crippen molar-refractivity contribution in [2.24, 2.45) is 5.92 Å². The van der Waals surface area contributed by atoms with Gasteiger partial charge in [0.2, 0.25) is 0 Å². The number of aliphatic carboxylic acids is 1. The van der Waals surface area contributed by atoms with Gasteiger partial charge >= 0.3 is 5.97 Å². The lowest BCUT2D eigenvalue weighted by atomic mass is 9.69. The first-order valence-electron chi connectivity index (χ1n) is 7.17. The Morgan fingerprint density at radius 1 is 1.45 bits per heavy atom. The zero-order chi connectivity index (χ0) is 14.8. The van der Waals surface area contributed by atoms with Crippen LogP contribution in [0.15, 0.2) is 24.3 Å². The molecular weight excluding hydrogens is 276 g/mol. The molecule has 20 heavy (non-hydrogen) atoms. The molecule has 0 bridgehead atoms. The molecule has 0 amide bonds. The number of carbonyl (C=O) groups is 1. The Balaban J connectivity index is 2.27. The number of hydrogen-bond donors (Lipinski definition) is 2. The van der Waals surface area contributed by atoms with Crippen LogP contribution in [-0.4, -0.2) is 21.8 Å². The zero-order valence-corrected chi connectivity index (χ0v) is 12.4. The summed E-state index contributed by atoms with van der Waals surface area (Å²) in [6.07, 6.45) is 3.93. The standard InChI is InChI=1S/C16H21ClO3/c1-2-11-6-8-16(20,9-7-11)14(15(18)19)12-4-3-5-13(17)10-12/h3-5,10-11,14,20H,2,6-9H2,1H3,(H,18,19). The molecule has 0 radical (unpaired) electrons. The highest BCUT2D eigenvalue weighted by atomic mass is 35.5. The first-order chi connectivity index (χ1) is 9.46. The van der Waals surface area contributed by atoms with Crippen molar-refractivity contribution in [1.82, 2.24) is 0 Å². The van der Waals surface area contributed by atoms with Crippen molar-refractivity contribution in [3.8, 4) is 0 Å². The maximum Gasteiger partial charge on any atom is 0.313 e. The van der Waals surface area contributed by atoms with Gasteiger partial charge in [-0.3, -0.25) is 4.79 Å². The van der Waals surface area contributed by atoms with Crippen LogP contribution >= 0.6 is 11.6 Å². The van der Waals surface area contributed by atoms with E-state index in [4.69, 9.17) is 11.6 Å². The lowest BCUT2D eigenvalue weighted by Gasteiger charge is -2.40. The minimum absolute atomic E-state index is 0.500. The highest BCUT2D eigenvalue weighted by molar-refractivity contribution is 6.30. The first-order valence-corrected chi connectivity index (χ1v) is 7.54. The van der Waals surface area contributed by atoms with E-state index in [9.17, 15) is 15.0 Å². The second-order valence-corrected chi connectivity index (χ2v) is 6.22. The van der Waals surface area contributed by atoms with E-state index < -0.39 is 17.5 Å². The van der Waals surface area contributed by atoms with E-state index >= 15 is 0 Å². The summed E-state index contributed by atoms with van der Waals surface area (Å²) in [5.74, 6) is -1.28. The SMILES string of the molecule is CCC1CCC(O)(C(C(=O)O)c2cccc(Cl)c2)CC1. The Labute approximate surface area is 124 Å². The van der Waals surface area contributed by atoms with E-state index in [-0.39, 0.29) is 0 Å². The van der Waals surface area contributed by atoms with Crippen LogP contribution in [0.5, 0.6) is 0 Å². The van der Waals surface area contributed by atoms with E-state index in [0.29, 0.717) is 29.3 Å². The predicted molar refractivity (Wildman–Crippen MR) is 79.0 cm³/mol. The van der Waals surface area contributed by atoms with Gasteiger partial charge in [-0.15, -0.1) is 0 Å². The van der Waals surface area contributed by atoms with Crippen molar-refractivity contribution in [3.63, 3.8) is 0 Å². The maximum atomic E-state index is 11.7. The minimum Gasteiger partial charge on any atom is -0.481 e. The molecule has 1 fully saturated rings. The molecule has 0 heterocycles. The van der Waals surface area contributed by atoms with Crippen LogP contribution in [0.1, 0.15) is 50.5 Å². The number of halogens is 1. The van der Waals surface area contributed by atoms with E-state index in [1.54, 1.807) is 24.3 Å². The van der Waals surface area contributed by atoms with Gasteiger partial charge < -0.3 is 10.2 Å². The third kappa shape index (κ3) is 3.15. The molecule has 4 heteroatoms. The second kappa shape index (κ2) is 6.15. The maximum absolute atomic E-state index is 11.7. The van der Waals surface area contributed by atoms with Crippen LogP contribution in [-0.2, 0) is 4.79 Å². The number of carboxylic acids is 1. The highest BCUT2D eigenvalue weighted by Gasteiger charge is 2.44. The van der Waals surface area contributed by atoms with Crippen molar-refractivity contribution >= 4 is 17.6 Å². The van der Waals surface area contributed by atoms with Gasteiger partial charge in [0.25, 0.3) is 0 Å². The van der Waals surface area contributed by atoms with Gasteiger partial charge in [-0.1, -0.05) is 37.1 Å². The predicted octanol–water partition coefficient (Wildman–Crippen LogP) is 3.84. The Morgan fingerprint density at radius 2 is 2.10 bits per heavy atom. The van der Waals surface area contributed by atoms with Crippen molar-refractivity contribution in [3.05, 3.63) is 34.9 Å². The highest BCUT2D eigenvalue weighted by Crippen LogP contribution is 2.43. The number of hydrogen-bond acceptors (Lipinski definition) is 2. The summed E-state index contributed by atoms with van der Waals surface area (Å²) in [4.78, 5) is 11.7. The smallest absolute Gasteiger partial charge is 0.313 e. The normalized spacial score (nSPS) is 28.1. The van der Waals surface area contributed by atoms with E-state index in [2.05, 4.69) is 6.92 Å². The fourth-order valence-electron chi connectivity index (χ4n) is 3.24. The molecule has 0 spiro atoms. The zero-order valence-electron chi connectivity index (χ0n) is 11.7. The van der Waals surface area contributed by atoms with Gasteiger partial charge in [-0.05, 0) is 49.3 Å². The molecule has 1 unspecified atom stereocenters. The Bertz CT molecular complexity index is 478. The Morgan fingerprint density at radius 3 is 2.60 bits per heavy atom. The van der Waals surface area contributed by atoms with Crippen LogP contribution < -0.4 is 0 Å². The van der Waals surface area contributed by atoms with Crippen molar-refractivity contribution < 1.29 is 15.0 Å². The molecule has 2 rings (SSSR count). The van der Waals surface area contributed by atoms with Crippen molar-refractivity contribution in [2.45, 2.75) is 50.5 Å². The average molecular weight is 297 g/mol. The third-order valence-electron chi connectivity index (χ3n) is 4.51. The molecule has 1 aromatic rings. The van der Waals surface area contributed by atoms with Crippen LogP contribution in [0.4, 0.5) is 0 Å². The van der Waals surface area contributed by atoms with Crippen LogP contribution in [0.2, 0.25) is 5.02 Å². The fraction of sp³-hybridized carbons (Fsp3) is 0.562. The van der Waals surface area contributed by atoms with Crippen LogP contribution in [0.25, 0.3) is 0 Å². The number of rotatable bonds is 4. The molecule has 1 aromatic carbocycles. The van der Waals surface area contributed by atoms with E-state index in [1.165, 1.54) is 0 Å². The molecule has 1 atom stereocenters. The van der Waals surface area contributed by atoms with Gasteiger partial charge in [-0.25, -0.2) is 0 Å². The summed E-state index contributed by atoms with van der Waals surface area (Å²) in [6.45, 7) is 2.14. The van der Waals surface area contributed by atoms with Gasteiger partial charge in [0.05, 0.1) is 5.60 Å². The molecule has 0 aromatic heterocycles. The second-order valence-electron chi connectivity index (χ2n) is 5.78. The van der Waals surface area contributed by atoms with Crippen LogP contribution in [0, 0.1) is 5.92 Å². The largest absolute Gasteiger partial charge is 0.481 e. The summed E-state index contributed by atoms with van der Waals surface area (Å²) in [5, 5.41) is 20.9. The molecule has 1 aliphatic carbocycles. The first kappa shape index (κ1) is 15.3. The quantitative estimate of drug-likeness (QED) is 0.887. The van der Waals surface area contributed by atoms with E-state index in [0.717, 1.165) is 19.3 Å². The average Bonchev–Trinajstić information content (AvgIpc) is 2.39. The molecule has 3 nitrogen and oxygen atoms in total. The van der Waals surface area contributed by atoms with Crippen molar-refractivity contribution in [1.29, 1.82) is 0 Å². The molecule has 1 aliphatic rings. The molecule has 110 valence electrons. The molecule has 1 saturated carbocycles. The number of carboxylic acid groups (broad SMARTS) is 1. The van der Waals surface area contributed by atoms with Gasteiger partial charge in [0.1, 0.15) is 5.92 Å². The monoisotopic (exact) mass is 296 g/mol. The lowest BCUT2D eigenvalue weighted by molar-refractivity contribution is -0.148. The summed E-state index contributed by atoms with van der Waals surface area (Å²) >= 11 is 5.95. The van der Waals surface area contributed by atoms with Crippen LogP contribution in [0.3, 0.4) is 0 Å². The number of aliphatic hydroxyl groups is 1. The summed E-state index contributed by atoms with van der Waals surface area (Å²) in [7, 11) is 0. The molecule has 0 saturated heterocycles. The molecule has 0 aliphatic heterocycles. The fourth-order valence-corrected chi connectivity index (χ4v) is 3.44. The topological polar surface area (TPSA) is 57.5 Å². The summed E-state index contributed by atoms with van der Waals surface area (Å²) in [5.41, 5.74) is -0.579. The van der Waals surface area contributed by atoms with E-state index in [1.807, 2.05) is 0 Å².